The second kappa shape index (κ2) is 7.13. The van der Waals surface area contributed by atoms with Crippen LogP contribution in [0.1, 0.15) is 38.8 Å². The third kappa shape index (κ3) is 5.30. The molecule has 0 aliphatic rings. The Bertz CT molecular complexity index is 418. The molecule has 0 aromatic carbocycles. The van der Waals surface area contributed by atoms with Crippen LogP contribution in [0.3, 0.4) is 0 Å². The number of nitrogens with one attached hydrogen (secondary N) is 2. The molecule has 5 nitrogen and oxygen atoms in total. The van der Waals surface area contributed by atoms with Crippen molar-refractivity contribution in [3.8, 4) is 0 Å². The molecule has 0 radical (unpaired) electrons. The molecule has 0 aliphatic carbocycles. The SMILES string of the molecule is CC(C)C[C@H](NC(=O)NC(C)c1ccsc1)C(=O)O. The molecule has 3 N–H and O–H groups in total. The van der Waals surface area contributed by atoms with Crippen molar-refractivity contribution in [2.24, 2.45) is 5.92 Å². The van der Waals surface area contributed by atoms with Gasteiger partial charge in [-0.1, -0.05) is 13.8 Å². The van der Waals surface area contributed by atoms with Crippen molar-refractivity contribution >= 4 is 23.3 Å². The van der Waals surface area contributed by atoms with E-state index in [1.807, 2.05) is 37.6 Å². The van der Waals surface area contributed by atoms with E-state index in [0.29, 0.717) is 6.42 Å². The highest BCUT2D eigenvalue weighted by molar-refractivity contribution is 7.07. The fraction of sp³-hybridized carbons (Fsp3) is 0.538. The summed E-state index contributed by atoms with van der Waals surface area (Å²) in [5.41, 5.74) is 1.01. The average molecular weight is 284 g/mol. The summed E-state index contributed by atoms with van der Waals surface area (Å²) in [5, 5.41) is 18.2. The van der Waals surface area contributed by atoms with E-state index in [1.54, 1.807) is 11.3 Å². The Morgan fingerprint density at radius 3 is 2.47 bits per heavy atom. The highest BCUT2D eigenvalue weighted by atomic mass is 32.1. The number of carboxylic acids is 1. The number of rotatable bonds is 6. The Morgan fingerprint density at radius 2 is 2.00 bits per heavy atom. The van der Waals surface area contributed by atoms with Crippen LogP contribution in [0, 0.1) is 5.92 Å². The van der Waals surface area contributed by atoms with Gasteiger partial charge in [0.2, 0.25) is 0 Å². The molecule has 0 spiro atoms. The lowest BCUT2D eigenvalue weighted by molar-refractivity contribution is -0.139. The van der Waals surface area contributed by atoms with Crippen molar-refractivity contribution in [1.82, 2.24) is 10.6 Å². The highest BCUT2D eigenvalue weighted by Crippen LogP contribution is 2.15. The Hall–Kier alpha value is -1.56. The van der Waals surface area contributed by atoms with Gasteiger partial charge in [-0.25, -0.2) is 9.59 Å². The minimum Gasteiger partial charge on any atom is -0.480 e. The van der Waals surface area contributed by atoms with Crippen LogP contribution in [-0.4, -0.2) is 23.1 Å². The van der Waals surface area contributed by atoms with Gasteiger partial charge >= 0.3 is 12.0 Å². The van der Waals surface area contributed by atoms with E-state index in [0.717, 1.165) is 5.56 Å². The van der Waals surface area contributed by atoms with Crippen LogP contribution in [0.5, 0.6) is 0 Å². The first-order valence-electron chi connectivity index (χ1n) is 6.22. The third-order valence-corrected chi connectivity index (χ3v) is 3.40. The number of aliphatic carboxylic acids is 1. The zero-order valence-corrected chi connectivity index (χ0v) is 12.2. The van der Waals surface area contributed by atoms with Gasteiger partial charge in [0, 0.05) is 0 Å². The van der Waals surface area contributed by atoms with Gasteiger partial charge in [0.1, 0.15) is 6.04 Å². The summed E-state index contributed by atoms with van der Waals surface area (Å²) in [6, 6.07) is 0.486. The molecule has 2 amide bonds. The Kier molecular flexibility index (Phi) is 5.82. The Balaban J connectivity index is 2.51. The maximum Gasteiger partial charge on any atom is 0.326 e. The fourth-order valence-electron chi connectivity index (χ4n) is 1.69. The molecule has 6 heteroatoms. The van der Waals surface area contributed by atoms with Crippen LogP contribution < -0.4 is 10.6 Å². The number of carbonyl (C=O) groups excluding carboxylic acids is 1. The van der Waals surface area contributed by atoms with E-state index in [-0.39, 0.29) is 12.0 Å². The second-order valence-corrected chi connectivity index (χ2v) is 5.70. The van der Waals surface area contributed by atoms with Gasteiger partial charge < -0.3 is 15.7 Å². The predicted octanol–water partition coefficient (Wildman–Crippen LogP) is 2.61. The number of thiophene rings is 1. The lowest BCUT2D eigenvalue weighted by Gasteiger charge is -2.19. The zero-order valence-electron chi connectivity index (χ0n) is 11.3. The lowest BCUT2D eigenvalue weighted by atomic mass is 10.0. The Morgan fingerprint density at radius 1 is 1.32 bits per heavy atom. The van der Waals surface area contributed by atoms with E-state index in [2.05, 4.69) is 10.6 Å². The average Bonchev–Trinajstić information content (AvgIpc) is 2.80. The third-order valence-electron chi connectivity index (χ3n) is 2.70. The number of hydrogen-bond donors (Lipinski definition) is 3. The minimum atomic E-state index is -1.01. The van der Waals surface area contributed by atoms with E-state index in [9.17, 15) is 9.59 Å². The summed E-state index contributed by atoms with van der Waals surface area (Å²) >= 11 is 1.56. The van der Waals surface area contributed by atoms with Crippen molar-refractivity contribution in [2.45, 2.75) is 39.3 Å². The first-order chi connectivity index (χ1) is 8.90. The van der Waals surface area contributed by atoms with Gasteiger partial charge in [-0.2, -0.15) is 11.3 Å². The molecule has 106 valence electrons. The largest absolute Gasteiger partial charge is 0.480 e. The van der Waals surface area contributed by atoms with Gasteiger partial charge in [0.15, 0.2) is 0 Å². The van der Waals surface area contributed by atoms with Crippen molar-refractivity contribution in [1.29, 1.82) is 0 Å². The first kappa shape index (κ1) is 15.5. The molecular weight excluding hydrogens is 264 g/mol. The first-order valence-corrected chi connectivity index (χ1v) is 7.16. The molecule has 1 rings (SSSR count). The zero-order chi connectivity index (χ0) is 14.4. The predicted molar refractivity (Wildman–Crippen MR) is 75.3 cm³/mol. The van der Waals surface area contributed by atoms with Crippen molar-refractivity contribution in [3.63, 3.8) is 0 Å². The molecule has 1 aromatic rings. The van der Waals surface area contributed by atoms with E-state index in [4.69, 9.17) is 5.11 Å². The molecule has 1 heterocycles. The molecule has 1 unspecified atom stereocenters. The van der Waals surface area contributed by atoms with E-state index >= 15 is 0 Å². The van der Waals surface area contributed by atoms with Gasteiger partial charge in [0.05, 0.1) is 6.04 Å². The number of carboxylic acid groups (broad SMARTS) is 1. The highest BCUT2D eigenvalue weighted by Gasteiger charge is 2.21. The summed E-state index contributed by atoms with van der Waals surface area (Å²) in [5.74, 6) is -0.803. The smallest absolute Gasteiger partial charge is 0.326 e. The number of carbonyl (C=O) groups is 2. The topological polar surface area (TPSA) is 78.4 Å². The van der Waals surface area contributed by atoms with E-state index in [1.165, 1.54) is 0 Å². The monoisotopic (exact) mass is 284 g/mol. The van der Waals surface area contributed by atoms with Crippen LogP contribution in [0.2, 0.25) is 0 Å². The molecule has 0 aliphatic heterocycles. The summed E-state index contributed by atoms with van der Waals surface area (Å²) in [6.07, 6.45) is 0.412. The number of hydrogen-bond acceptors (Lipinski definition) is 3. The standard InChI is InChI=1S/C13H20N2O3S/c1-8(2)6-11(12(16)17)15-13(18)14-9(3)10-4-5-19-7-10/h4-5,7-9,11H,6H2,1-3H3,(H,16,17)(H2,14,15,18)/t9?,11-/m0/s1. The molecule has 0 fully saturated rings. The van der Waals surface area contributed by atoms with Crippen molar-refractivity contribution in [2.75, 3.05) is 0 Å². The van der Waals surface area contributed by atoms with E-state index < -0.39 is 18.0 Å². The van der Waals surface area contributed by atoms with Crippen molar-refractivity contribution in [3.05, 3.63) is 22.4 Å². The summed E-state index contributed by atoms with van der Waals surface area (Å²) in [6.45, 7) is 5.70. The van der Waals surface area contributed by atoms with Gasteiger partial charge in [-0.3, -0.25) is 0 Å². The van der Waals surface area contributed by atoms with Crippen LogP contribution >= 0.6 is 11.3 Å². The molecule has 1 aromatic heterocycles. The fourth-order valence-corrected chi connectivity index (χ4v) is 2.45. The lowest BCUT2D eigenvalue weighted by Crippen LogP contribution is -2.47. The number of amides is 2. The summed E-state index contributed by atoms with van der Waals surface area (Å²) in [7, 11) is 0. The van der Waals surface area contributed by atoms with Crippen LogP contribution in [0.15, 0.2) is 16.8 Å². The summed E-state index contributed by atoms with van der Waals surface area (Å²) in [4.78, 5) is 22.8. The van der Waals surface area contributed by atoms with Gasteiger partial charge in [-0.05, 0) is 41.7 Å². The maximum absolute atomic E-state index is 11.8. The molecule has 2 atom stereocenters. The normalized spacial score (nSPS) is 13.9. The van der Waals surface area contributed by atoms with Crippen LogP contribution in [0.25, 0.3) is 0 Å². The summed E-state index contributed by atoms with van der Waals surface area (Å²) < 4.78 is 0. The van der Waals surface area contributed by atoms with Crippen LogP contribution in [-0.2, 0) is 4.79 Å². The molecule has 0 bridgehead atoms. The number of urea groups is 1. The van der Waals surface area contributed by atoms with Crippen molar-refractivity contribution < 1.29 is 14.7 Å². The van der Waals surface area contributed by atoms with Gasteiger partial charge in [-0.15, -0.1) is 0 Å². The molecular formula is C13H20N2O3S. The van der Waals surface area contributed by atoms with Gasteiger partial charge in [0.25, 0.3) is 0 Å². The minimum absolute atomic E-state index is 0.139. The molecule has 0 saturated heterocycles. The molecule has 19 heavy (non-hydrogen) atoms. The van der Waals surface area contributed by atoms with Crippen LogP contribution in [0.4, 0.5) is 4.79 Å². The maximum atomic E-state index is 11.8. The second-order valence-electron chi connectivity index (χ2n) is 4.92. The Labute approximate surface area is 117 Å². The molecule has 0 saturated carbocycles. The quantitative estimate of drug-likeness (QED) is 0.751.